The van der Waals surface area contributed by atoms with Crippen LogP contribution in [0.3, 0.4) is 0 Å². The number of para-hydroxylation sites is 1. The average Bonchev–Trinajstić information content (AvgIpc) is 2.45. The summed E-state index contributed by atoms with van der Waals surface area (Å²) >= 11 is 0. The standard InChI is InChI=1S/C15H20N4O/c1-10-8-12(9-19(3)11(2)15(16)18-20)13-6-4-5-7-14(13)17-10/h4-8,11,20H,9H2,1-3H3,(H2,16,18). The number of hydrogen-bond donors (Lipinski definition) is 2. The molecule has 0 amide bonds. The smallest absolute Gasteiger partial charge is 0.156 e. The van der Waals surface area contributed by atoms with Crippen molar-refractivity contribution in [1.29, 1.82) is 0 Å². The topological polar surface area (TPSA) is 74.7 Å². The van der Waals surface area contributed by atoms with Gasteiger partial charge < -0.3 is 10.9 Å². The lowest BCUT2D eigenvalue weighted by Crippen LogP contribution is -2.40. The summed E-state index contributed by atoms with van der Waals surface area (Å²) in [5, 5.41) is 13.0. The van der Waals surface area contributed by atoms with E-state index in [-0.39, 0.29) is 11.9 Å². The minimum Gasteiger partial charge on any atom is -0.409 e. The zero-order valence-corrected chi connectivity index (χ0v) is 12.0. The largest absolute Gasteiger partial charge is 0.409 e. The number of rotatable bonds is 4. The number of nitrogens with two attached hydrogens (primary N) is 1. The van der Waals surface area contributed by atoms with Crippen molar-refractivity contribution in [2.45, 2.75) is 26.4 Å². The highest BCUT2D eigenvalue weighted by Crippen LogP contribution is 2.20. The summed E-state index contributed by atoms with van der Waals surface area (Å²) in [4.78, 5) is 6.57. The molecule has 2 rings (SSSR count). The first kappa shape index (κ1) is 14.3. The highest BCUT2D eigenvalue weighted by Gasteiger charge is 2.15. The van der Waals surface area contributed by atoms with E-state index in [9.17, 15) is 0 Å². The number of aromatic nitrogens is 1. The normalized spacial score (nSPS) is 13.9. The number of nitrogens with zero attached hydrogens (tertiary/aromatic N) is 3. The second-order valence-electron chi connectivity index (χ2n) is 5.06. The van der Waals surface area contributed by atoms with Crippen LogP contribution in [-0.4, -0.2) is 34.0 Å². The Bertz CT molecular complexity index is 639. The van der Waals surface area contributed by atoms with Gasteiger partial charge in [0.25, 0.3) is 0 Å². The lowest BCUT2D eigenvalue weighted by atomic mass is 10.1. The highest BCUT2D eigenvalue weighted by molar-refractivity contribution is 5.85. The number of likely N-dealkylation sites (N-methyl/N-ethyl adjacent to an activating group) is 1. The number of amidine groups is 1. The summed E-state index contributed by atoms with van der Waals surface area (Å²) in [5.41, 5.74) is 8.83. The van der Waals surface area contributed by atoms with Crippen LogP contribution in [0.2, 0.25) is 0 Å². The summed E-state index contributed by atoms with van der Waals surface area (Å²) in [5.74, 6) is 0.211. The minimum absolute atomic E-state index is 0.132. The molecular formula is C15H20N4O. The fraction of sp³-hybridized carbons (Fsp3) is 0.333. The van der Waals surface area contributed by atoms with E-state index in [2.05, 4.69) is 22.3 Å². The zero-order valence-electron chi connectivity index (χ0n) is 12.0. The van der Waals surface area contributed by atoms with Crippen molar-refractivity contribution in [2.24, 2.45) is 10.9 Å². The Hall–Kier alpha value is -2.14. The molecule has 0 bridgehead atoms. The number of pyridine rings is 1. The highest BCUT2D eigenvalue weighted by atomic mass is 16.4. The van der Waals surface area contributed by atoms with Crippen LogP contribution in [0, 0.1) is 6.92 Å². The molecule has 0 fully saturated rings. The Kier molecular flexibility index (Phi) is 4.20. The number of aryl methyl sites for hydroxylation is 1. The van der Waals surface area contributed by atoms with Gasteiger partial charge in [0.15, 0.2) is 5.84 Å². The lowest BCUT2D eigenvalue weighted by Gasteiger charge is -2.24. The Morgan fingerprint density at radius 2 is 2.15 bits per heavy atom. The molecule has 0 aliphatic heterocycles. The Morgan fingerprint density at radius 1 is 1.45 bits per heavy atom. The molecule has 106 valence electrons. The number of hydrogen-bond acceptors (Lipinski definition) is 4. The fourth-order valence-corrected chi connectivity index (χ4v) is 2.24. The summed E-state index contributed by atoms with van der Waals surface area (Å²) < 4.78 is 0. The molecule has 3 N–H and O–H groups in total. The fourth-order valence-electron chi connectivity index (χ4n) is 2.24. The SMILES string of the molecule is Cc1cc(CN(C)C(C)C(N)=NO)c2ccccc2n1. The van der Waals surface area contributed by atoms with Crippen LogP contribution >= 0.6 is 0 Å². The first-order valence-electron chi connectivity index (χ1n) is 6.56. The van der Waals surface area contributed by atoms with Crippen molar-refractivity contribution in [3.8, 4) is 0 Å². The second-order valence-corrected chi connectivity index (χ2v) is 5.06. The Labute approximate surface area is 118 Å². The van der Waals surface area contributed by atoms with Crippen molar-refractivity contribution >= 4 is 16.7 Å². The van der Waals surface area contributed by atoms with Crippen LogP contribution in [0.1, 0.15) is 18.2 Å². The maximum absolute atomic E-state index is 8.76. The number of benzene rings is 1. The van der Waals surface area contributed by atoms with E-state index in [4.69, 9.17) is 10.9 Å². The molecule has 5 heteroatoms. The number of oxime groups is 1. The van der Waals surface area contributed by atoms with Gasteiger partial charge in [-0.2, -0.15) is 0 Å². The van der Waals surface area contributed by atoms with Gasteiger partial charge in [-0.05, 0) is 38.6 Å². The van der Waals surface area contributed by atoms with Crippen LogP contribution in [0.4, 0.5) is 0 Å². The third-order valence-electron chi connectivity index (χ3n) is 3.55. The maximum atomic E-state index is 8.76. The molecule has 0 aliphatic rings. The molecule has 1 heterocycles. The van der Waals surface area contributed by atoms with Gasteiger partial charge in [-0.25, -0.2) is 0 Å². The third kappa shape index (κ3) is 2.88. The van der Waals surface area contributed by atoms with Gasteiger partial charge in [0.1, 0.15) is 0 Å². The molecule has 1 atom stereocenters. The van der Waals surface area contributed by atoms with E-state index in [0.29, 0.717) is 6.54 Å². The Morgan fingerprint density at radius 3 is 2.85 bits per heavy atom. The molecule has 0 saturated heterocycles. The van der Waals surface area contributed by atoms with Gasteiger partial charge in [0.05, 0.1) is 11.6 Å². The van der Waals surface area contributed by atoms with E-state index in [1.807, 2.05) is 44.0 Å². The molecule has 1 aromatic heterocycles. The van der Waals surface area contributed by atoms with Crippen molar-refractivity contribution in [2.75, 3.05) is 7.05 Å². The van der Waals surface area contributed by atoms with Gasteiger partial charge in [-0.1, -0.05) is 23.4 Å². The molecule has 1 aromatic carbocycles. The first-order valence-corrected chi connectivity index (χ1v) is 6.56. The van der Waals surface area contributed by atoms with Gasteiger partial charge in [0.2, 0.25) is 0 Å². The van der Waals surface area contributed by atoms with E-state index >= 15 is 0 Å². The monoisotopic (exact) mass is 272 g/mol. The van der Waals surface area contributed by atoms with E-state index in [1.54, 1.807) is 0 Å². The summed E-state index contributed by atoms with van der Waals surface area (Å²) in [6.07, 6.45) is 0. The third-order valence-corrected chi connectivity index (χ3v) is 3.55. The molecule has 5 nitrogen and oxygen atoms in total. The van der Waals surface area contributed by atoms with Crippen LogP contribution in [0.5, 0.6) is 0 Å². The van der Waals surface area contributed by atoms with Crippen molar-refractivity contribution in [3.63, 3.8) is 0 Å². The van der Waals surface area contributed by atoms with Crippen LogP contribution in [-0.2, 0) is 6.54 Å². The van der Waals surface area contributed by atoms with Crippen LogP contribution < -0.4 is 5.73 Å². The van der Waals surface area contributed by atoms with Gasteiger partial charge in [-0.3, -0.25) is 9.88 Å². The van der Waals surface area contributed by atoms with Gasteiger partial charge in [0, 0.05) is 17.6 Å². The summed E-state index contributed by atoms with van der Waals surface area (Å²) in [6.45, 7) is 4.61. The molecular weight excluding hydrogens is 252 g/mol. The van der Waals surface area contributed by atoms with Crippen LogP contribution in [0.25, 0.3) is 10.9 Å². The van der Waals surface area contributed by atoms with E-state index < -0.39 is 0 Å². The second kappa shape index (κ2) is 5.88. The van der Waals surface area contributed by atoms with Gasteiger partial charge >= 0.3 is 0 Å². The zero-order chi connectivity index (χ0) is 14.7. The number of fused-ring (bicyclic) bond motifs is 1. The summed E-state index contributed by atoms with van der Waals surface area (Å²) in [6, 6.07) is 10.0. The van der Waals surface area contributed by atoms with Crippen molar-refractivity contribution < 1.29 is 5.21 Å². The van der Waals surface area contributed by atoms with E-state index in [0.717, 1.165) is 16.6 Å². The molecule has 2 aromatic rings. The predicted molar refractivity (Wildman–Crippen MR) is 80.8 cm³/mol. The molecule has 20 heavy (non-hydrogen) atoms. The molecule has 0 spiro atoms. The first-order chi connectivity index (χ1) is 9.52. The van der Waals surface area contributed by atoms with Crippen molar-refractivity contribution in [3.05, 3.63) is 41.6 Å². The average molecular weight is 272 g/mol. The maximum Gasteiger partial charge on any atom is 0.156 e. The minimum atomic E-state index is -0.132. The predicted octanol–water partition coefficient (Wildman–Crippen LogP) is 2.11. The molecule has 0 saturated carbocycles. The summed E-state index contributed by atoms with van der Waals surface area (Å²) in [7, 11) is 1.95. The van der Waals surface area contributed by atoms with E-state index in [1.165, 1.54) is 5.56 Å². The quantitative estimate of drug-likeness (QED) is 0.387. The molecule has 0 aliphatic carbocycles. The molecule has 1 unspecified atom stereocenters. The lowest BCUT2D eigenvalue weighted by molar-refractivity contribution is 0.280. The van der Waals surface area contributed by atoms with Crippen LogP contribution in [0.15, 0.2) is 35.5 Å². The van der Waals surface area contributed by atoms with Gasteiger partial charge in [-0.15, -0.1) is 0 Å². The van der Waals surface area contributed by atoms with Crippen molar-refractivity contribution in [1.82, 2.24) is 9.88 Å². The Balaban J connectivity index is 2.34. The molecule has 0 radical (unpaired) electrons.